The predicted molar refractivity (Wildman–Crippen MR) is 56.9 cm³/mol. The van der Waals surface area contributed by atoms with Gasteiger partial charge >= 0.3 is 5.97 Å². The molecule has 1 atom stereocenters. The molecule has 1 heterocycles. The number of cyclic esters (lactones) is 1. The van der Waals surface area contributed by atoms with Crippen LogP contribution in [0.1, 0.15) is 19.8 Å². The molecule has 1 unspecified atom stereocenters. The molecule has 14 heavy (non-hydrogen) atoms. The average Bonchev–Trinajstić information content (AvgIpc) is 2.41. The Kier molecular flexibility index (Phi) is 4.16. The first-order valence-corrected chi connectivity index (χ1v) is 5.45. The molecule has 78 valence electrons. The molecule has 0 saturated heterocycles. The highest BCUT2D eigenvalue weighted by atomic mass is 79.9. The van der Waals surface area contributed by atoms with Crippen molar-refractivity contribution in [3.05, 3.63) is 21.3 Å². The van der Waals surface area contributed by atoms with Crippen LogP contribution in [0.15, 0.2) is 21.3 Å². The topological polar surface area (TPSA) is 46.5 Å². The van der Waals surface area contributed by atoms with Gasteiger partial charge in [-0.1, -0.05) is 24.9 Å². The van der Waals surface area contributed by atoms with Crippen LogP contribution < -0.4 is 0 Å². The van der Waals surface area contributed by atoms with E-state index in [-0.39, 0.29) is 11.3 Å². The Balaban J connectivity index is 2.95. The van der Waals surface area contributed by atoms with E-state index >= 15 is 0 Å². The largest absolute Gasteiger partial charge is 0.421 e. The zero-order valence-electron chi connectivity index (χ0n) is 7.59. The minimum Gasteiger partial charge on any atom is -0.421 e. The number of esters is 1. The molecule has 0 fully saturated rings. The fourth-order valence-electron chi connectivity index (χ4n) is 1.19. The highest BCUT2D eigenvalue weighted by molar-refractivity contribution is 9.12. The summed E-state index contributed by atoms with van der Waals surface area (Å²) in [6.45, 7) is 1.93. The first-order valence-electron chi connectivity index (χ1n) is 4.22. The van der Waals surface area contributed by atoms with Gasteiger partial charge in [-0.2, -0.15) is 0 Å². The van der Waals surface area contributed by atoms with Crippen LogP contribution in [0.3, 0.4) is 0 Å². The lowest BCUT2D eigenvalue weighted by Crippen LogP contribution is -2.15. The third kappa shape index (κ3) is 2.19. The summed E-state index contributed by atoms with van der Waals surface area (Å²) in [7, 11) is 0. The maximum absolute atomic E-state index is 11.3. The van der Waals surface area contributed by atoms with Crippen molar-refractivity contribution in [1.82, 2.24) is 0 Å². The Morgan fingerprint density at radius 1 is 1.71 bits per heavy atom. The van der Waals surface area contributed by atoms with E-state index < -0.39 is 12.1 Å². The summed E-state index contributed by atoms with van der Waals surface area (Å²) in [5.41, 5.74) is 1.41. The molecule has 0 bridgehead atoms. The molecule has 0 aliphatic carbocycles. The van der Waals surface area contributed by atoms with Crippen LogP contribution in [0.5, 0.6) is 0 Å². The van der Waals surface area contributed by atoms with Crippen LogP contribution in [0.25, 0.3) is 0 Å². The first-order chi connectivity index (χ1) is 6.61. The van der Waals surface area contributed by atoms with Crippen molar-refractivity contribution in [3.8, 4) is 0 Å². The van der Waals surface area contributed by atoms with Gasteiger partial charge in [0.05, 0.1) is 16.2 Å². The van der Waals surface area contributed by atoms with Gasteiger partial charge in [-0.3, -0.25) is 0 Å². The molecule has 0 saturated carbocycles. The number of carbonyl (C=O) groups excluding carboxylic acids is 1. The number of halogens is 2. The van der Waals surface area contributed by atoms with Crippen LogP contribution in [0.4, 0.5) is 0 Å². The van der Waals surface area contributed by atoms with Gasteiger partial charge in [0, 0.05) is 5.54 Å². The van der Waals surface area contributed by atoms with Crippen LogP contribution in [-0.4, -0.2) is 17.2 Å². The maximum Gasteiger partial charge on any atom is 0.343 e. The van der Waals surface area contributed by atoms with Gasteiger partial charge in [-0.15, -0.1) is 0 Å². The third-order valence-corrected chi connectivity index (χ3v) is 2.89. The number of hydrogen-bond acceptors (Lipinski definition) is 3. The molecule has 1 rings (SSSR count). The zero-order chi connectivity index (χ0) is 10.7. The maximum atomic E-state index is 11.3. The number of allylic oxidation sites excluding steroid dienone is 1. The molecule has 5 heteroatoms. The van der Waals surface area contributed by atoms with Crippen molar-refractivity contribution in [1.29, 1.82) is 0 Å². The number of hydrogen-bond donors (Lipinski definition) is 1. The Morgan fingerprint density at radius 3 is 2.79 bits per heavy atom. The Morgan fingerprint density at radius 2 is 2.36 bits per heavy atom. The first kappa shape index (κ1) is 11.8. The number of aliphatic hydroxyl groups excluding tert-OH is 1. The van der Waals surface area contributed by atoms with Crippen LogP contribution in [-0.2, 0) is 9.53 Å². The van der Waals surface area contributed by atoms with E-state index in [2.05, 4.69) is 15.9 Å². The molecular formula is C9H10BrClO3. The summed E-state index contributed by atoms with van der Waals surface area (Å²) in [6.07, 6.45) is 0.517. The highest BCUT2D eigenvalue weighted by Gasteiger charge is 2.32. The molecule has 3 nitrogen and oxygen atoms in total. The molecule has 1 aliphatic heterocycles. The Hall–Kier alpha value is -0.320. The van der Waals surface area contributed by atoms with Gasteiger partial charge in [0.2, 0.25) is 0 Å². The van der Waals surface area contributed by atoms with Gasteiger partial charge in [0.15, 0.2) is 5.76 Å². The van der Waals surface area contributed by atoms with E-state index in [1.54, 1.807) is 0 Å². The van der Waals surface area contributed by atoms with Crippen molar-refractivity contribution in [2.24, 2.45) is 0 Å². The monoisotopic (exact) mass is 280 g/mol. The van der Waals surface area contributed by atoms with E-state index in [1.165, 1.54) is 0 Å². The number of aliphatic hydroxyl groups is 1. The van der Waals surface area contributed by atoms with Gasteiger partial charge in [0.25, 0.3) is 0 Å². The lowest BCUT2D eigenvalue weighted by Gasteiger charge is -2.07. The minimum atomic E-state index is -0.795. The second kappa shape index (κ2) is 4.96. The van der Waals surface area contributed by atoms with Gasteiger partial charge in [-0.05, 0) is 22.4 Å². The molecule has 0 aromatic rings. The predicted octanol–water partition coefficient (Wildman–Crippen LogP) is 2.43. The molecule has 0 aromatic carbocycles. The van der Waals surface area contributed by atoms with Crippen molar-refractivity contribution in [3.63, 3.8) is 0 Å². The highest BCUT2D eigenvalue weighted by Crippen LogP contribution is 2.34. The summed E-state index contributed by atoms with van der Waals surface area (Å²) in [6, 6.07) is 0. The summed E-state index contributed by atoms with van der Waals surface area (Å²) >= 11 is 8.59. The standard InChI is InChI=1S/C9H10BrClO3/c1-2-3-5(12)7-8(10)6(4-11)14-9(7)13/h4-5,12H,2-3H2,1H3/b6-4+. The van der Waals surface area contributed by atoms with Crippen LogP contribution in [0.2, 0.25) is 0 Å². The normalized spacial score (nSPS) is 21.7. The summed E-state index contributed by atoms with van der Waals surface area (Å²) in [5, 5.41) is 9.64. The zero-order valence-corrected chi connectivity index (χ0v) is 9.93. The Bertz CT molecular complexity index is 309. The molecule has 0 aromatic heterocycles. The molecule has 1 N–H and O–H groups in total. The summed E-state index contributed by atoms with van der Waals surface area (Å²) < 4.78 is 5.26. The van der Waals surface area contributed by atoms with E-state index in [9.17, 15) is 9.90 Å². The van der Waals surface area contributed by atoms with Crippen molar-refractivity contribution >= 4 is 33.5 Å². The fourth-order valence-corrected chi connectivity index (χ4v) is 2.10. The summed E-state index contributed by atoms with van der Waals surface area (Å²) in [4.78, 5) is 11.3. The van der Waals surface area contributed by atoms with Crippen molar-refractivity contribution < 1.29 is 14.6 Å². The lowest BCUT2D eigenvalue weighted by atomic mass is 10.1. The van der Waals surface area contributed by atoms with Crippen molar-refractivity contribution in [2.75, 3.05) is 0 Å². The third-order valence-electron chi connectivity index (χ3n) is 1.87. The van der Waals surface area contributed by atoms with Crippen LogP contribution >= 0.6 is 27.5 Å². The fraction of sp³-hybridized carbons (Fsp3) is 0.444. The second-order valence-electron chi connectivity index (χ2n) is 2.90. The molecule has 0 radical (unpaired) electrons. The number of ether oxygens (including phenoxy) is 1. The average molecular weight is 282 g/mol. The summed E-state index contributed by atoms with van der Waals surface area (Å²) in [5.74, 6) is -0.286. The smallest absolute Gasteiger partial charge is 0.343 e. The Labute approximate surface area is 95.5 Å². The van der Waals surface area contributed by atoms with E-state index in [4.69, 9.17) is 16.3 Å². The lowest BCUT2D eigenvalue weighted by molar-refractivity contribution is -0.134. The van der Waals surface area contributed by atoms with E-state index in [0.717, 1.165) is 12.0 Å². The van der Waals surface area contributed by atoms with E-state index in [0.29, 0.717) is 10.9 Å². The van der Waals surface area contributed by atoms with Crippen LogP contribution in [0, 0.1) is 0 Å². The van der Waals surface area contributed by atoms with Gasteiger partial charge in [0.1, 0.15) is 0 Å². The van der Waals surface area contributed by atoms with Gasteiger partial charge in [-0.25, -0.2) is 4.79 Å². The molecule has 0 spiro atoms. The SMILES string of the molecule is CCCC(O)C1=C(Br)/C(=C\Cl)OC1=O. The molecular weight excluding hydrogens is 271 g/mol. The van der Waals surface area contributed by atoms with Crippen molar-refractivity contribution in [2.45, 2.75) is 25.9 Å². The van der Waals surface area contributed by atoms with Gasteiger partial charge < -0.3 is 9.84 Å². The minimum absolute atomic E-state index is 0.249. The second-order valence-corrected chi connectivity index (χ2v) is 3.91. The number of carbonyl (C=O) groups is 1. The van der Waals surface area contributed by atoms with E-state index in [1.807, 2.05) is 6.92 Å². The quantitative estimate of drug-likeness (QED) is 0.808. The molecule has 0 amide bonds. The number of rotatable bonds is 3. The molecule has 1 aliphatic rings.